The molecule has 1 fully saturated rings. The lowest BCUT2D eigenvalue weighted by Crippen LogP contribution is -2.39. The smallest absolute Gasteiger partial charge is 0.400 e. The van der Waals surface area contributed by atoms with Crippen molar-refractivity contribution < 1.29 is 40.6 Å². The Morgan fingerprint density at radius 3 is 1.98 bits per heavy atom. The van der Waals surface area contributed by atoms with E-state index < -0.39 is 52.2 Å². The summed E-state index contributed by atoms with van der Waals surface area (Å²) in [6, 6.07) is 2.29. The summed E-state index contributed by atoms with van der Waals surface area (Å²) in [6.07, 6.45) is 6.73. The highest BCUT2D eigenvalue weighted by atomic mass is 19.3. The molecule has 1 saturated carbocycles. The number of allylic oxidation sites excluding steroid dienone is 1. The summed E-state index contributed by atoms with van der Waals surface area (Å²) in [5.41, 5.74) is 0.765. The third-order valence-electron chi connectivity index (χ3n) is 9.17. The molecule has 0 N–H and O–H groups in total. The van der Waals surface area contributed by atoms with E-state index >= 15 is 22.0 Å². The summed E-state index contributed by atoms with van der Waals surface area (Å²) >= 11 is 0. The van der Waals surface area contributed by atoms with Crippen LogP contribution < -0.4 is 9.47 Å². The number of alkyl halides is 2. The normalized spacial score (nSPS) is 21.9. The van der Waals surface area contributed by atoms with E-state index in [1.165, 1.54) is 18.1 Å². The molecule has 0 spiro atoms. The van der Waals surface area contributed by atoms with Gasteiger partial charge < -0.3 is 14.2 Å². The van der Waals surface area contributed by atoms with Crippen LogP contribution in [0.1, 0.15) is 95.6 Å². The Bertz CT molecular complexity index is 1330. The van der Waals surface area contributed by atoms with Crippen molar-refractivity contribution in [3.05, 3.63) is 58.4 Å². The SMILES string of the molecule is CCCCCC1=COC(C2CCC(C(F)(F)Oc3cc4c(c(F)c3F)-c3c(cc(OCCC)c(F)c3F)CC4)CC2)CC1. The lowest BCUT2D eigenvalue weighted by molar-refractivity contribution is -0.226. The monoisotopic (exact) mass is 610 g/mol. The van der Waals surface area contributed by atoms with Gasteiger partial charge in [0.15, 0.2) is 23.1 Å². The van der Waals surface area contributed by atoms with Gasteiger partial charge in [-0.05, 0) is 105 Å². The molecule has 236 valence electrons. The number of halogens is 6. The van der Waals surface area contributed by atoms with Gasteiger partial charge in [-0.1, -0.05) is 26.7 Å². The summed E-state index contributed by atoms with van der Waals surface area (Å²) in [7, 11) is 0. The zero-order chi connectivity index (χ0) is 30.7. The number of fused-ring (bicyclic) bond motifs is 3. The van der Waals surface area contributed by atoms with Crippen LogP contribution in [0, 0.1) is 35.1 Å². The molecular formula is C34H40F6O3. The molecule has 5 rings (SSSR count). The Morgan fingerprint density at radius 2 is 1.40 bits per heavy atom. The maximum Gasteiger partial charge on any atom is 0.400 e. The van der Waals surface area contributed by atoms with Gasteiger partial charge in [-0.3, -0.25) is 0 Å². The van der Waals surface area contributed by atoms with Crippen molar-refractivity contribution in [2.24, 2.45) is 11.8 Å². The van der Waals surface area contributed by atoms with Crippen molar-refractivity contribution in [2.45, 2.75) is 110 Å². The molecule has 3 nitrogen and oxygen atoms in total. The van der Waals surface area contributed by atoms with Gasteiger partial charge in [0.1, 0.15) is 6.10 Å². The molecule has 1 heterocycles. The lowest BCUT2D eigenvalue weighted by atomic mass is 9.77. The van der Waals surface area contributed by atoms with Gasteiger partial charge in [0.2, 0.25) is 11.6 Å². The van der Waals surface area contributed by atoms with Crippen molar-refractivity contribution in [3.8, 4) is 22.6 Å². The molecule has 0 amide bonds. The summed E-state index contributed by atoms with van der Waals surface area (Å²) in [4.78, 5) is 0. The minimum absolute atomic E-state index is 0.00000141. The third kappa shape index (κ3) is 6.65. The van der Waals surface area contributed by atoms with Gasteiger partial charge in [-0.25, -0.2) is 8.78 Å². The van der Waals surface area contributed by atoms with Gasteiger partial charge in [0, 0.05) is 11.1 Å². The molecule has 43 heavy (non-hydrogen) atoms. The molecule has 1 atom stereocenters. The molecule has 2 aliphatic carbocycles. The van der Waals surface area contributed by atoms with Gasteiger partial charge in [0.05, 0.1) is 18.8 Å². The zero-order valence-electron chi connectivity index (χ0n) is 24.9. The Morgan fingerprint density at radius 1 is 0.767 bits per heavy atom. The van der Waals surface area contributed by atoms with Crippen LogP contribution in [0.25, 0.3) is 11.1 Å². The third-order valence-corrected chi connectivity index (χ3v) is 9.17. The lowest BCUT2D eigenvalue weighted by Gasteiger charge is -2.37. The molecule has 1 unspecified atom stereocenters. The highest BCUT2D eigenvalue weighted by Crippen LogP contribution is 2.46. The van der Waals surface area contributed by atoms with Crippen molar-refractivity contribution in [1.29, 1.82) is 0 Å². The number of aryl methyl sites for hydroxylation is 2. The van der Waals surface area contributed by atoms with E-state index in [9.17, 15) is 4.39 Å². The van der Waals surface area contributed by atoms with Crippen molar-refractivity contribution in [1.82, 2.24) is 0 Å². The largest absolute Gasteiger partial charge is 0.498 e. The van der Waals surface area contributed by atoms with E-state index in [0.29, 0.717) is 19.3 Å². The topological polar surface area (TPSA) is 27.7 Å². The molecule has 9 heteroatoms. The van der Waals surface area contributed by atoms with Gasteiger partial charge in [0.25, 0.3) is 0 Å². The van der Waals surface area contributed by atoms with Crippen LogP contribution in [-0.4, -0.2) is 18.8 Å². The molecule has 0 bridgehead atoms. The number of rotatable bonds is 11. The van der Waals surface area contributed by atoms with E-state index in [1.807, 2.05) is 13.2 Å². The maximum absolute atomic E-state index is 15.4. The van der Waals surface area contributed by atoms with Crippen molar-refractivity contribution >= 4 is 0 Å². The van der Waals surface area contributed by atoms with E-state index in [4.69, 9.17) is 14.2 Å². The van der Waals surface area contributed by atoms with Gasteiger partial charge in [-0.15, -0.1) is 0 Å². The van der Waals surface area contributed by atoms with E-state index in [0.717, 1.165) is 38.2 Å². The van der Waals surface area contributed by atoms with Crippen LogP contribution in [0.5, 0.6) is 11.5 Å². The van der Waals surface area contributed by atoms with Crippen LogP contribution in [-0.2, 0) is 17.6 Å². The minimum Gasteiger partial charge on any atom is -0.498 e. The summed E-state index contributed by atoms with van der Waals surface area (Å²) in [6.45, 7) is 4.14. The Kier molecular flexibility index (Phi) is 9.86. The molecule has 0 radical (unpaired) electrons. The quantitative estimate of drug-likeness (QED) is 0.187. The Labute approximate surface area is 249 Å². The van der Waals surface area contributed by atoms with E-state index in [-0.39, 0.29) is 61.2 Å². The predicted octanol–water partition coefficient (Wildman–Crippen LogP) is 10.2. The second kappa shape index (κ2) is 13.4. The zero-order valence-corrected chi connectivity index (χ0v) is 24.9. The number of unbranched alkanes of at least 4 members (excludes halogenated alkanes) is 2. The first-order valence-corrected chi connectivity index (χ1v) is 15.7. The number of ether oxygens (including phenoxy) is 3. The Balaban J connectivity index is 1.26. The number of benzene rings is 2. The Hall–Kier alpha value is -2.84. The summed E-state index contributed by atoms with van der Waals surface area (Å²) in [5, 5.41) is 0. The van der Waals surface area contributed by atoms with E-state index in [1.54, 1.807) is 0 Å². The van der Waals surface area contributed by atoms with Gasteiger partial charge >= 0.3 is 6.11 Å². The number of hydrogen-bond acceptors (Lipinski definition) is 3. The molecule has 3 aliphatic rings. The minimum atomic E-state index is -3.73. The van der Waals surface area contributed by atoms with Crippen LogP contribution in [0.3, 0.4) is 0 Å². The first-order valence-electron chi connectivity index (χ1n) is 15.7. The standard InChI is InChI=1S/C34H40F6O3/c1-3-5-6-7-20-8-15-25(42-19-20)21-11-13-24(14-12-21)34(39,40)43-27-18-23-10-9-22-17-26(41-16-4-2)30(35)32(37)28(22)29(23)33(38)31(27)36/h17-19,21,24-25H,3-16H2,1-2H3. The van der Waals surface area contributed by atoms with E-state index in [2.05, 4.69) is 6.92 Å². The second-order valence-electron chi connectivity index (χ2n) is 12.1. The molecular weight excluding hydrogens is 570 g/mol. The van der Waals surface area contributed by atoms with Gasteiger partial charge in [-0.2, -0.15) is 17.6 Å². The fourth-order valence-electron chi connectivity index (χ4n) is 6.73. The van der Waals surface area contributed by atoms with Crippen LogP contribution in [0.15, 0.2) is 24.0 Å². The molecule has 2 aromatic carbocycles. The molecule has 0 aromatic heterocycles. The fraction of sp³-hybridized carbons (Fsp3) is 0.588. The average Bonchev–Trinajstić information content (AvgIpc) is 3.01. The summed E-state index contributed by atoms with van der Waals surface area (Å²) in [5.74, 6) is -8.08. The second-order valence-corrected chi connectivity index (χ2v) is 12.1. The average molecular weight is 611 g/mol. The molecule has 2 aromatic rings. The maximum atomic E-state index is 15.4. The van der Waals surface area contributed by atoms with Crippen molar-refractivity contribution in [3.63, 3.8) is 0 Å². The fourth-order valence-corrected chi connectivity index (χ4v) is 6.73. The van der Waals surface area contributed by atoms with Crippen LogP contribution in [0.2, 0.25) is 0 Å². The van der Waals surface area contributed by atoms with Crippen molar-refractivity contribution in [2.75, 3.05) is 6.61 Å². The highest BCUT2D eigenvalue weighted by Gasteiger charge is 2.46. The van der Waals surface area contributed by atoms with Crippen LogP contribution >= 0.6 is 0 Å². The van der Waals surface area contributed by atoms with Crippen LogP contribution in [0.4, 0.5) is 26.3 Å². The number of hydrogen-bond donors (Lipinski definition) is 0. The first-order chi connectivity index (χ1) is 20.6. The first kappa shape index (κ1) is 31.6. The molecule has 0 saturated heterocycles. The predicted molar refractivity (Wildman–Crippen MR) is 152 cm³/mol. The highest BCUT2D eigenvalue weighted by molar-refractivity contribution is 5.76. The molecule has 1 aliphatic heterocycles. The summed E-state index contributed by atoms with van der Waals surface area (Å²) < 4.78 is 107.